The molecule has 0 aliphatic carbocycles. The molecule has 1 aliphatic heterocycles. The van der Waals surface area contributed by atoms with Crippen LogP contribution in [-0.4, -0.2) is 25.3 Å². The summed E-state index contributed by atoms with van der Waals surface area (Å²) in [6.45, 7) is 3.50. The third kappa shape index (κ3) is 3.26. The fourth-order valence-electron chi connectivity index (χ4n) is 3.06. The summed E-state index contributed by atoms with van der Waals surface area (Å²) in [4.78, 5) is 23.6. The molecule has 0 saturated heterocycles. The predicted octanol–water partition coefficient (Wildman–Crippen LogP) is 3.47. The minimum Gasteiger partial charge on any atom is -0.486 e. The molecule has 0 fully saturated rings. The number of fused-ring (bicyclic) bond motifs is 2. The van der Waals surface area contributed by atoms with Gasteiger partial charge in [-0.05, 0) is 37.3 Å². The van der Waals surface area contributed by atoms with Crippen LogP contribution in [0.2, 0.25) is 0 Å². The first kappa shape index (κ1) is 17.1. The Kier molecular flexibility index (Phi) is 4.32. The smallest absolute Gasteiger partial charge is 0.302 e. The molecule has 6 heteroatoms. The van der Waals surface area contributed by atoms with Crippen LogP contribution in [0, 0.1) is 6.92 Å². The first-order valence-corrected chi connectivity index (χ1v) is 8.62. The Hall–Kier alpha value is -3.28. The van der Waals surface area contributed by atoms with Crippen LogP contribution in [-0.2, 0) is 9.53 Å². The van der Waals surface area contributed by atoms with E-state index in [2.05, 4.69) is 0 Å². The molecular weight excluding hydrogens is 348 g/mol. The highest BCUT2D eigenvalue weighted by molar-refractivity contribution is 5.80. The number of carbonyl (C=O) groups excluding carboxylic acids is 1. The SMILES string of the molecule is CC(=O)OCC1COc2ccc(-c3oc4ccccc4c(=O)c3C)cc2O1. The molecule has 1 aliphatic rings. The third-order valence-corrected chi connectivity index (χ3v) is 4.42. The minimum absolute atomic E-state index is 0.0607. The molecule has 2 heterocycles. The number of carbonyl (C=O) groups is 1. The largest absolute Gasteiger partial charge is 0.486 e. The second-order valence-electron chi connectivity index (χ2n) is 6.40. The lowest BCUT2D eigenvalue weighted by atomic mass is 10.0. The van der Waals surface area contributed by atoms with Crippen molar-refractivity contribution in [2.75, 3.05) is 13.2 Å². The van der Waals surface area contributed by atoms with Gasteiger partial charge in [-0.2, -0.15) is 0 Å². The average molecular weight is 366 g/mol. The Morgan fingerprint density at radius 3 is 2.81 bits per heavy atom. The second-order valence-corrected chi connectivity index (χ2v) is 6.40. The van der Waals surface area contributed by atoms with Crippen molar-refractivity contribution in [2.24, 2.45) is 0 Å². The zero-order valence-electron chi connectivity index (χ0n) is 15.0. The van der Waals surface area contributed by atoms with E-state index < -0.39 is 0 Å². The van der Waals surface area contributed by atoms with Gasteiger partial charge in [-0.3, -0.25) is 9.59 Å². The van der Waals surface area contributed by atoms with Crippen LogP contribution in [0.5, 0.6) is 11.5 Å². The number of para-hydroxylation sites is 1. The van der Waals surface area contributed by atoms with Gasteiger partial charge in [-0.1, -0.05) is 12.1 Å². The van der Waals surface area contributed by atoms with Gasteiger partial charge in [0.15, 0.2) is 23.0 Å². The third-order valence-electron chi connectivity index (χ3n) is 4.42. The zero-order valence-corrected chi connectivity index (χ0v) is 15.0. The summed E-state index contributed by atoms with van der Waals surface area (Å²) in [6, 6.07) is 12.5. The number of hydrogen-bond acceptors (Lipinski definition) is 6. The molecule has 0 amide bonds. The summed E-state index contributed by atoms with van der Waals surface area (Å²) in [6.07, 6.45) is -0.388. The highest BCUT2D eigenvalue weighted by atomic mass is 16.6. The molecule has 2 aromatic carbocycles. The highest BCUT2D eigenvalue weighted by Crippen LogP contribution is 2.37. The number of esters is 1. The molecular formula is C21H18O6. The Labute approximate surface area is 155 Å². The van der Waals surface area contributed by atoms with Gasteiger partial charge in [0.05, 0.1) is 5.39 Å². The van der Waals surface area contributed by atoms with Crippen molar-refractivity contribution < 1.29 is 23.4 Å². The van der Waals surface area contributed by atoms with E-state index in [1.54, 1.807) is 31.2 Å². The Morgan fingerprint density at radius 1 is 1.19 bits per heavy atom. The second kappa shape index (κ2) is 6.79. The molecule has 1 atom stereocenters. The summed E-state index contributed by atoms with van der Waals surface area (Å²) in [5.74, 6) is 1.24. The van der Waals surface area contributed by atoms with Crippen LogP contribution in [0.1, 0.15) is 12.5 Å². The standard InChI is InChI=1S/C21H18O6/c1-12-20(23)16-5-3-4-6-17(16)27-21(12)14-7-8-18-19(9-14)26-15(11-25-18)10-24-13(2)22/h3-9,15H,10-11H2,1-2H3. The maximum Gasteiger partial charge on any atom is 0.302 e. The van der Waals surface area contributed by atoms with Crippen molar-refractivity contribution >= 4 is 16.9 Å². The molecule has 4 rings (SSSR count). The summed E-state index contributed by atoms with van der Waals surface area (Å²) >= 11 is 0. The van der Waals surface area contributed by atoms with Crippen LogP contribution in [0.3, 0.4) is 0 Å². The van der Waals surface area contributed by atoms with Gasteiger partial charge in [-0.15, -0.1) is 0 Å². The first-order chi connectivity index (χ1) is 13.0. The molecule has 27 heavy (non-hydrogen) atoms. The molecule has 1 unspecified atom stereocenters. The van der Waals surface area contributed by atoms with Crippen LogP contribution in [0.15, 0.2) is 51.7 Å². The van der Waals surface area contributed by atoms with Crippen LogP contribution in [0.4, 0.5) is 0 Å². The first-order valence-electron chi connectivity index (χ1n) is 8.62. The van der Waals surface area contributed by atoms with E-state index in [-0.39, 0.29) is 24.1 Å². The number of hydrogen-bond donors (Lipinski definition) is 0. The lowest BCUT2D eigenvalue weighted by Gasteiger charge is -2.26. The molecule has 138 valence electrons. The van der Waals surface area contributed by atoms with E-state index >= 15 is 0 Å². The summed E-state index contributed by atoms with van der Waals surface area (Å²) in [5, 5.41) is 0.553. The Morgan fingerprint density at radius 2 is 2.00 bits per heavy atom. The van der Waals surface area contributed by atoms with Crippen molar-refractivity contribution in [3.63, 3.8) is 0 Å². The van der Waals surface area contributed by atoms with Gasteiger partial charge in [0.1, 0.15) is 24.6 Å². The predicted molar refractivity (Wildman–Crippen MR) is 99.2 cm³/mol. The maximum atomic E-state index is 12.6. The van der Waals surface area contributed by atoms with E-state index in [9.17, 15) is 9.59 Å². The summed E-state index contributed by atoms with van der Waals surface area (Å²) in [5.41, 5.74) is 1.72. The van der Waals surface area contributed by atoms with Crippen molar-refractivity contribution in [2.45, 2.75) is 20.0 Å². The topological polar surface area (TPSA) is 75.0 Å². The molecule has 6 nitrogen and oxygen atoms in total. The highest BCUT2D eigenvalue weighted by Gasteiger charge is 2.23. The maximum absolute atomic E-state index is 12.6. The molecule has 0 saturated carbocycles. The van der Waals surface area contributed by atoms with Gasteiger partial charge in [0, 0.05) is 18.1 Å². The molecule has 1 aromatic heterocycles. The van der Waals surface area contributed by atoms with Crippen LogP contribution < -0.4 is 14.9 Å². The molecule has 0 N–H and O–H groups in total. The average Bonchev–Trinajstić information content (AvgIpc) is 2.68. The van der Waals surface area contributed by atoms with E-state index in [0.29, 0.717) is 46.0 Å². The summed E-state index contributed by atoms with van der Waals surface area (Å²) < 4.78 is 22.5. The van der Waals surface area contributed by atoms with E-state index in [0.717, 1.165) is 0 Å². The van der Waals surface area contributed by atoms with Crippen molar-refractivity contribution in [1.82, 2.24) is 0 Å². The van der Waals surface area contributed by atoms with Gasteiger partial charge in [0.25, 0.3) is 0 Å². The zero-order chi connectivity index (χ0) is 19.0. The van der Waals surface area contributed by atoms with Crippen molar-refractivity contribution in [1.29, 1.82) is 0 Å². The van der Waals surface area contributed by atoms with E-state index in [1.165, 1.54) is 6.92 Å². The number of rotatable bonds is 3. The normalized spacial score (nSPS) is 15.6. The van der Waals surface area contributed by atoms with Gasteiger partial charge >= 0.3 is 5.97 Å². The molecule has 3 aromatic rings. The Balaban J connectivity index is 1.71. The van der Waals surface area contributed by atoms with Crippen LogP contribution >= 0.6 is 0 Å². The Bertz CT molecular complexity index is 1080. The van der Waals surface area contributed by atoms with Gasteiger partial charge in [0.2, 0.25) is 0 Å². The van der Waals surface area contributed by atoms with E-state index in [4.69, 9.17) is 18.6 Å². The molecule has 0 radical (unpaired) electrons. The monoisotopic (exact) mass is 366 g/mol. The fraction of sp³-hybridized carbons (Fsp3) is 0.238. The fourth-order valence-corrected chi connectivity index (χ4v) is 3.06. The minimum atomic E-state index is -0.388. The quantitative estimate of drug-likeness (QED) is 0.661. The number of ether oxygens (including phenoxy) is 3. The van der Waals surface area contributed by atoms with E-state index in [1.807, 2.05) is 18.2 Å². The van der Waals surface area contributed by atoms with Crippen LogP contribution in [0.25, 0.3) is 22.3 Å². The molecule has 0 bridgehead atoms. The van der Waals surface area contributed by atoms with Gasteiger partial charge < -0.3 is 18.6 Å². The summed E-state index contributed by atoms with van der Waals surface area (Å²) in [7, 11) is 0. The lowest BCUT2D eigenvalue weighted by molar-refractivity contribution is -0.144. The van der Waals surface area contributed by atoms with Crippen molar-refractivity contribution in [3.05, 3.63) is 58.3 Å². The lowest BCUT2D eigenvalue weighted by Crippen LogP contribution is -2.34. The molecule has 0 spiro atoms. The number of benzene rings is 2. The van der Waals surface area contributed by atoms with Crippen molar-refractivity contribution in [3.8, 4) is 22.8 Å². The van der Waals surface area contributed by atoms with Gasteiger partial charge in [-0.25, -0.2) is 0 Å².